The van der Waals surface area contributed by atoms with Crippen molar-refractivity contribution in [2.45, 2.75) is 0 Å². The molecule has 0 aliphatic rings. The quantitative estimate of drug-likeness (QED) is 0.316. The van der Waals surface area contributed by atoms with Crippen LogP contribution in [0, 0.1) is 0 Å². The van der Waals surface area contributed by atoms with Crippen molar-refractivity contribution < 1.29 is 5.11 Å². The van der Waals surface area contributed by atoms with Gasteiger partial charge in [0, 0.05) is 11.8 Å². The Morgan fingerprint density at radius 2 is 1.32 bits per heavy atom. The molecular weight excluding hydrogens is 306 g/mol. The third-order valence-corrected chi connectivity index (χ3v) is 4.77. The Balaban J connectivity index is 1.78. The number of hydrogen-bond acceptors (Lipinski definition) is 2. The zero-order chi connectivity index (χ0) is 16.8. The van der Waals surface area contributed by atoms with Crippen LogP contribution in [0.5, 0.6) is 5.75 Å². The van der Waals surface area contributed by atoms with Crippen LogP contribution in [0.15, 0.2) is 83.9 Å². The molecular formula is C23H14NO-. The van der Waals surface area contributed by atoms with E-state index in [-0.39, 0.29) is 5.75 Å². The summed E-state index contributed by atoms with van der Waals surface area (Å²) in [7, 11) is 0. The van der Waals surface area contributed by atoms with Gasteiger partial charge in [0.1, 0.15) is 0 Å². The average Bonchev–Trinajstić information content (AvgIpc) is 2.66. The summed E-state index contributed by atoms with van der Waals surface area (Å²) in [5.41, 5.74) is 1.49. The Labute approximate surface area is 145 Å². The van der Waals surface area contributed by atoms with Crippen molar-refractivity contribution >= 4 is 44.2 Å². The summed E-state index contributed by atoms with van der Waals surface area (Å²) in [6.07, 6.45) is 1.79. The van der Waals surface area contributed by atoms with Crippen LogP contribution in [0.2, 0.25) is 0 Å². The van der Waals surface area contributed by atoms with Gasteiger partial charge in [0.2, 0.25) is 0 Å². The SMILES string of the molecule is [O-]c1ccccc1N=Cc1ccc2ccc3cccc4ccc1c2c34. The Morgan fingerprint density at radius 3 is 2.12 bits per heavy atom. The van der Waals surface area contributed by atoms with Crippen LogP contribution in [0.1, 0.15) is 5.56 Å². The molecule has 25 heavy (non-hydrogen) atoms. The second-order valence-electron chi connectivity index (χ2n) is 6.24. The zero-order valence-corrected chi connectivity index (χ0v) is 13.4. The second-order valence-corrected chi connectivity index (χ2v) is 6.24. The first-order valence-electron chi connectivity index (χ1n) is 8.28. The van der Waals surface area contributed by atoms with E-state index in [2.05, 4.69) is 59.6 Å². The Hall–Kier alpha value is -3.39. The number of nitrogens with zero attached hydrogens (tertiary/aromatic N) is 1. The molecule has 0 spiro atoms. The topological polar surface area (TPSA) is 35.4 Å². The van der Waals surface area contributed by atoms with Gasteiger partial charge in [-0.05, 0) is 38.4 Å². The van der Waals surface area contributed by atoms with Gasteiger partial charge in [-0.15, -0.1) is 0 Å². The van der Waals surface area contributed by atoms with E-state index in [4.69, 9.17) is 0 Å². The highest BCUT2D eigenvalue weighted by molar-refractivity contribution is 6.25. The van der Waals surface area contributed by atoms with E-state index >= 15 is 0 Å². The first kappa shape index (κ1) is 14.0. The Bertz CT molecular complexity index is 1240. The van der Waals surface area contributed by atoms with Crippen molar-refractivity contribution in [3.63, 3.8) is 0 Å². The van der Waals surface area contributed by atoms with Crippen LogP contribution in [-0.4, -0.2) is 6.21 Å². The largest absolute Gasteiger partial charge is 0.871 e. The van der Waals surface area contributed by atoms with Crippen LogP contribution in [0.4, 0.5) is 5.69 Å². The summed E-state index contributed by atoms with van der Waals surface area (Å²) in [5.74, 6) is -0.0588. The van der Waals surface area contributed by atoms with Gasteiger partial charge < -0.3 is 5.11 Å². The van der Waals surface area contributed by atoms with Gasteiger partial charge in [-0.2, -0.15) is 0 Å². The molecule has 0 radical (unpaired) electrons. The normalized spacial score (nSPS) is 12.0. The fraction of sp³-hybridized carbons (Fsp3) is 0. The molecule has 0 amide bonds. The highest BCUT2D eigenvalue weighted by Gasteiger charge is 2.09. The van der Waals surface area contributed by atoms with Gasteiger partial charge >= 0.3 is 0 Å². The van der Waals surface area contributed by atoms with Crippen molar-refractivity contribution in [1.29, 1.82) is 0 Å². The summed E-state index contributed by atoms with van der Waals surface area (Å²) in [6.45, 7) is 0. The maximum atomic E-state index is 11.9. The summed E-state index contributed by atoms with van der Waals surface area (Å²) in [4.78, 5) is 4.42. The molecule has 0 fully saturated rings. The zero-order valence-electron chi connectivity index (χ0n) is 13.4. The lowest BCUT2D eigenvalue weighted by molar-refractivity contribution is -0.267. The van der Waals surface area contributed by atoms with Crippen LogP contribution in [0.25, 0.3) is 32.3 Å². The van der Waals surface area contributed by atoms with Gasteiger partial charge in [0.05, 0.1) is 5.69 Å². The van der Waals surface area contributed by atoms with E-state index in [0.29, 0.717) is 5.69 Å². The first-order valence-corrected chi connectivity index (χ1v) is 8.28. The molecule has 118 valence electrons. The molecule has 0 aromatic heterocycles. The van der Waals surface area contributed by atoms with Crippen molar-refractivity contribution in [2.75, 3.05) is 0 Å². The van der Waals surface area contributed by atoms with Crippen molar-refractivity contribution in [3.05, 3.63) is 84.4 Å². The summed E-state index contributed by atoms with van der Waals surface area (Å²) in [6, 6.07) is 26.1. The van der Waals surface area contributed by atoms with E-state index in [1.54, 1.807) is 18.3 Å². The fourth-order valence-corrected chi connectivity index (χ4v) is 3.57. The molecule has 0 aliphatic carbocycles. The van der Waals surface area contributed by atoms with Gasteiger partial charge in [-0.25, -0.2) is 0 Å². The van der Waals surface area contributed by atoms with E-state index in [1.165, 1.54) is 33.0 Å². The first-order chi connectivity index (χ1) is 12.3. The van der Waals surface area contributed by atoms with E-state index in [0.717, 1.165) is 10.9 Å². The Kier molecular flexibility index (Phi) is 2.98. The average molecular weight is 320 g/mol. The number of benzene rings is 5. The van der Waals surface area contributed by atoms with Crippen molar-refractivity contribution in [3.8, 4) is 5.75 Å². The van der Waals surface area contributed by atoms with E-state index < -0.39 is 0 Å². The lowest BCUT2D eigenvalue weighted by Crippen LogP contribution is -1.91. The molecule has 5 aromatic carbocycles. The molecule has 0 heterocycles. The monoisotopic (exact) mass is 320 g/mol. The van der Waals surface area contributed by atoms with Crippen molar-refractivity contribution in [1.82, 2.24) is 0 Å². The molecule has 0 atom stereocenters. The summed E-state index contributed by atoms with van der Waals surface area (Å²) < 4.78 is 0. The second kappa shape index (κ2) is 5.32. The van der Waals surface area contributed by atoms with Crippen LogP contribution >= 0.6 is 0 Å². The van der Waals surface area contributed by atoms with E-state index in [9.17, 15) is 5.11 Å². The minimum Gasteiger partial charge on any atom is -0.871 e. The molecule has 0 unspecified atom stereocenters. The lowest BCUT2D eigenvalue weighted by Gasteiger charge is -2.12. The third-order valence-electron chi connectivity index (χ3n) is 4.77. The minimum absolute atomic E-state index is 0.0588. The number of para-hydroxylation sites is 2. The highest BCUT2D eigenvalue weighted by Crippen LogP contribution is 2.35. The van der Waals surface area contributed by atoms with Gasteiger partial charge in [-0.1, -0.05) is 78.5 Å². The third kappa shape index (κ3) is 2.15. The van der Waals surface area contributed by atoms with Crippen LogP contribution in [-0.2, 0) is 0 Å². The number of rotatable bonds is 2. The molecule has 5 aromatic rings. The van der Waals surface area contributed by atoms with Gasteiger partial charge in [0.15, 0.2) is 0 Å². The predicted octanol–water partition coefficient (Wildman–Crippen LogP) is 5.41. The van der Waals surface area contributed by atoms with Crippen LogP contribution < -0.4 is 5.11 Å². The predicted molar refractivity (Wildman–Crippen MR) is 103 cm³/mol. The number of aliphatic imine (C=N–C) groups is 1. The fourth-order valence-electron chi connectivity index (χ4n) is 3.57. The molecule has 0 N–H and O–H groups in total. The van der Waals surface area contributed by atoms with Crippen LogP contribution in [0.3, 0.4) is 0 Å². The summed E-state index contributed by atoms with van der Waals surface area (Å²) in [5, 5.41) is 19.3. The lowest BCUT2D eigenvalue weighted by atomic mass is 9.92. The van der Waals surface area contributed by atoms with Gasteiger partial charge in [-0.3, -0.25) is 4.99 Å². The Morgan fingerprint density at radius 1 is 0.640 bits per heavy atom. The maximum Gasteiger partial charge on any atom is 0.0551 e. The van der Waals surface area contributed by atoms with Crippen molar-refractivity contribution in [2.24, 2.45) is 4.99 Å². The molecule has 0 saturated carbocycles. The molecule has 2 heteroatoms. The molecule has 0 saturated heterocycles. The number of hydrogen-bond donors (Lipinski definition) is 0. The standard InChI is InChI=1S/C23H15NO/c25-21-7-2-1-6-20(21)24-14-18-11-10-17-9-8-15-4-3-5-16-12-13-19(18)23(17)22(15)16/h1-14,25H/p-1. The summed E-state index contributed by atoms with van der Waals surface area (Å²) >= 11 is 0. The highest BCUT2D eigenvalue weighted by atomic mass is 16.3. The molecule has 5 rings (SSSR count). The molecule has 0 aliphatic heterocycles. The van der Waals surface area contributed by atoms with E-state index in [1.807, 2.05) is 6.07 Å². The minimum atomic E-state index is -0.0588. The van der Waals surface area contributed by atoms with Gasteiger partial charge in [0.25, 0.3) is 0 Å². The smallest absolute Gasteiger partial charge is 0.0551 e. The molecule has 2 nitrogen and oxygen atoms in total. The molecule has 0 bridgehead atoms. The maximum absolute atomic E-state index is 11.9.